The molecule has 0 saturated carbocycles. The number of phenolic OH excluding ortho intramolecular Hbond substituents is 1. The van der Waals surface area contributed by atoms with E-state index in [-0.39, 0.29) is 18.2 Å². The van der Waals surface area contributed by atoms with Crippen LogP contribution in [-0.4, -0.2) is 28.3 Å². The average molecular weight is 251 g/mol. The van der Waals surface area contributed by atoms with Crippen LogP contribution in [0, 0.1) is 6.92 Å². The van der Waals surface area contributed by atoms with E-state index in [1.54, 1.807) is 32.0 Å². The highest BCUT2D eigenvalue weighted by Crippen LogP contribution is 2.19. The van der Waals surface area contributed by atoms with Gasteiger partial charge in [0.05, 0.1) is 5.60 Å². The second kappa shape index (κ2) is 5.87. The fraction of sp³-hybridized carbons (Fsp3) is 0.500. The van der Waals surface area contributed by atoms with Crippen molar-refractivity contribution >= 4 is 5.91 Å². The number of carbonyl (C=O) groups is 1. The molecule has 1 amide bonds. The summed E-state index contributed by atoms with van der Waals surface area (Å²) in [7, 11) is 0. The Hall–Kier alpha value is -1.55. The number of hydrogen-bond donors (Lipinski definition) is 3. The minimum atomic E-state index is -0.894. The van der Waals surface area contributed by atoms with Gasteiger partial charge >= 0.3 is 0 Å². The molecular formula is C14H21NO3. The molecule has 1 unspecified atom stereocenters. The van der Waals surface area contributed by atoms with E-state index in [1.807, 2.05) is 6.92 Å². The van der Waals surface area contributed by atoms with E-state index in [9.17, 15) is 15.0 Å². The van der Waals surface area contributed by atoms with Crippen LogP contribution in [0.4, 0.5) is 0 Å². The molecule has 0 aliphatic rings. The number of nitrogens with one attached hydrogen (secondary N) is 1. The number of aliphatic hydroxyl groups is 1. The molecule has 1 rings (SSSR count). The second-order valence-electron chi connectivity index (χ2n) is 4.88. The first-order chi connectivity index (χ1) is 8.37. The fourth-order valence-corrected chi connectivity index (χ4v) is 1.86. The Bertz CT molecular complexity index is 427. The van der Waals surface area contributed by atoms with E-state index in [0.29, 0.717) is 17.5 Å². The van der Waals surface area contributed by atoms with Crippen molar-refractivity contribution in [2.24, 2.45) is 0 Å². The normalized spacial score (nSPS) is 14.0. The summed E-state index contributed by atoms with van der Waals surface area (Å²) in [5.41, 5.74) is 0.0854. The standard InChI is InChI=1S/C14H21NO3/c1-4-8-14(3,18)9-15-13(17)11-6-5-7-12(16)10(11)2/h5-7,16,18H,4,8-9H2,1-3H3,(H,15,17). The lowest BCUT2D eigenvalue weighted by molar-refractivity contribution is 0.0469. The van der Waals surface area contributed by atoms with E-state index in [4.69, 9.17) is 0 Å². The number of rotatable bonds is 5. The Balaban J connectivity index is 2.69. The van der Waals surface area contributed by atoms with E-state index in [2.05, 4.69) is 5.32 Å². The van der Waals surface area contributed by atoms with Crippen molar-refractivity contribution in [3.05, 3.63) is 29.3 Å². The molecule has 1 aromatic carbocycles. The monoisotopic (exact) mass is 251 g/mol. The van der Waals surface area contributed by atoms with Crippen molar-refractivity contribution in [3.63, 3.8) is 0 Å². The predicted octanol–water partition coefficient (Wildman–Crippen LogP) is 1.98. The number of phenols is 1. The van der Waals surface area contributed by atoms with Gasteiger partial charge in [-0.2, -0.15) is 0 Å². The maximum absolute atomic E-state index is 11.9. The van der Waals surface area contributed by atoms with Gasteiger partial charge in [0.1, 0.15) is 5.75 Å². The van der Waals surface area contributed by atoms with Gasteiger partial charge in [0, 0.05) is 17.7 Å². The minimum absolute atomic E-state index is 0.1000. The molecule has 0 heterocycles. The second-order valence-corrected chi connectivity index (χ2v) is 4.88. The van der Waals surface area contributed by atoms with Crippen molar-refractivity contribution in [3.8, 4) is 5.75 Å². The van der Waals surface area contributed by atoms with Crippen LogP contribution in [-0.2, 0) is 0 Å². The number of carbonyl (C=O) groups excluding carboxylic acids is 1. The first kappa shape index (κ1) is 14.5. The smallest absolute Gasteiger partial charge is 0.251 e. The molecule has 1 aromatic rings. The van der Waals surface area contributed by atoms with Gasteiger partial charge in [-0.1, -0.05) is 19.4 Å². The van der Waals surface area contributed by atoms with Gasteiger partial charge in [0.25, 0.3) is 5.91 Å². The van der Waals surface area contributed by atoms with E-state index in [0.717, 1.165) is 6.42 Å². The predicted molar refractivity (Wildman–Crippen MR) is 70.7 cm³/mol. The molecule has 0 radical (unpaired) electrons. The molecular weight excluding hydrogens is 230 g/mol. The van der Waals surface area contributed by atoms with Gasteiger partial charge in [-0.3, -0.25) is 4.79 Å². The summed E-state index contributed by atoms with van der Waals surface area (Å²) in [6.45, 7) is 5.57. The molecule has 4 nitrogen and oxygen atoms in total. The Morgan fingerprint density at radius 2 is 2.11 bits per heavy atom. The first-order valence-corrected chi connectivity index (χ1v) is 6.16. The SMILES string of the molecule is CCCC(C)(O)CNC(=O)c1cccc(O)c1C. The summed E-state index contributed by atoms with van der Waals surface area (Å²) in [6, 6.07) is 4.82. The molecule has 0 aliphatic carbocycles. The van der Waals surface area contributed by atoms with Gasteiger partial charge in [0.15, 0.2) is 0 Å². The summed E-state index contributed by atoms with van der Waals surface area (Å²) in [4.78, 5) is 11.9. The lowest BCUT2D eigenvalue weighted by atomic mass is 10.0. The zero-order valence-electron chi connectivity index (χ0n) is 11.2. The molecule has 4 heteroatoms. The van der Waals surface area contributed by atoms with Crippen LogP contribution >= 0.6 is 0 Å². The van der Waals surface area contributed by atoms with Gasteiger partial charge in [-0.05, 0) is 32.4 Å². The summed E-state index contributed by atoms with van der Waals surface area (Å²) >= 11 is 0. The van der Waals surface area contributed by atoms with Crippen molar-refractivity contribution < 1.29 is 15.0 Å². The van der Waals surface area contributed by atoms with Gasteiger partial charge in [-0.15, -0.1) is 0 Å². The number of hydrogen-bond acceptors (Lipinski definition) is 3. The third-order valence-corrected chi connectivity index (χ3v) is 2.97. The average Bonchev–Trinajstić information content (AvgIpc) is 2.30. The molecule has 18 heavy (non-hydrogen) atoms. The largest absolute Gasteiger partial charge is 0.508 e. The van der Waals surface area contributed by atoms with Crippen LogP contribution in [0.1, 0.15) is 42.6 Å². The van der Waals surface area contributed by atoms with Crippen LogP contribution in [0.5, 0.6) is 5.75 Å². The molecule has 0 saturated heterocycles. The van der Waals surface area contributed by atoms with Gasteiger partial charge in [0.2, 0.25) is 0 Å². The Morgan fingerprint density at radius 1 is 1.44 bits per heavy atom. The highest BCUT2D eigenvalue weighted by molar-refractivity contribution is 5.96. The van der Waals surface area contributed by atoms with E-state index in [1.165, 1.54) is 0 Å². The molecule has 0 aliphatic heterocycles. The molecule has 1 atom stereocenters. The van der Waals surface area contributed by atoms with Crippen molar-refractivity contribution in [2.75, 3.05) is 6.54 Å². The fourth-order valence-electron chi connectivity index (χ4n) is 1.86. The lowest BCUT2D eigenvalue weighted by Gasteiger charge is -2.23. The zero-order chi connectivity index (χ0) is 13.8. The third-order valence-electron chi connectivity index (χ3n) is 2.97. The summed E-state index contributed by atoms with van der Waals surface area (Å²) < 4.78 is 0. The van der Waals surface area contributed by atoms with Crippen LogP contribution in [0.25, 0.3) is 0 Å². The summed E-state index contributed by atoms with van der Waals surface area (Å²) in [5, 5.41) is 22.2. The number of amides is 1. The van der Waals surface area contributed by atoms with Crippen LogP contribution in [0.2, 0.25) is 0 Å². The first-order valence-electron chi connectivity index (χ1n) is 6.16. The molecule has 0 spiro atoms. The zero-order valence-corrected chi connectivity index (χ0v) is 11.2. The maximum atomic E-state index is 11.9. The Labute approximate surface area is 108 Å². The van der Waals surface area contributed by atoms with Gasteiger partial charge < -0.3 is 15.5 Å². The van der Waals surface area contributed by atoms with Crippen LogP contribution < -0.4 is 5.32 Å². The Kier molecular flexibility index (Phi) is 4.73. The van der Waals surface area contributed by atoms with Crippen molar-refractivity contribution in [2.45, 2.75) is 39.2 Å². The third kappa shape index (κ3) is 3.74. The molecule has 3 N–H and O–H groups in total. The molecule has 0 aromatic heterocycles. The highest BCUT2D eigenvalue weighted by atomic mass is 16.3. The lowest BCUT2D eigenvalue weighted by Crippen LogP contribution is -2.40. The maximum Gasteiger partial charge on any atom is 0.251 e. The Morgan fingerprint density at radius 3 is 2.72 bits per heavy atom. The summed E-state index contributed by atoms with van der Waals surface area (Å²) in [6.07, 6.45) is 1.49. The molecule has 0 fully saturated rings. The number of benzene rings is 1. The molecule has 100 valence electrons. The van der Waals surface area contributed by atoms with Crippen LogP contribution in [0.15, 0.2) is 18.2 Å². The van der Waals surface area contributed by atoms with Crippen molar-refractivity contribution in [1.29, 1.82) is 0 Å². The minimum Gasteiger partial charge on any atom is -0.508 e. The quantitative estimate of drug-likeness (QED) is 0.749. The topological polar surface area (TPSA) is 69.6 Å². The van der Waals surface area contributed by atoms with Gasteiger partial charge in [-0.25, -0.2) is 0 Å². The van der Waals surface area contributed by atoms with Crippen LogP contribution in [0.3, 0.4) is 0 Å². The number of aromatic hydroxyl groups is 1. The molecule has 0 bridgehead atoms. The van der Waals surface area contributed by atoms with E-state index < -0.39 is 5.60 Å². The van der Waals surface area contributed by atoms with E-state index >= 15 is 0 Å². The summed E-state index contributed by atoms with van der Waals surface area (Å²) in [5.74, 6) is -0.178. The van der Waals surface area contributed by atoms with Crippen molar-refractivity contribution in [1.82, 2.24) is 5.32 Å². The highest BCUT2D eigenvalue weighted by Gasteiger charge is 2.21.